The van der Waals surface area contributed by atoms with Crippen LogP contribution in [0.2, 0.25) is 0 Å². The van der Waals surface area contributed by atoms with E-state index in [-0.39, 0.29) is 12.1 Å². The average Bonchev–Trinajstić information content (AvgIpc) is 2.49. The van der Waals surface area contributed by atoms with Crippen LogP contribution in [0, 0.1) is 0 Å². The molecule has 1 aromatic rings. The minimum Gasteiger partial charge on any atom is -0.449 e. The van der Waals surface area contributed by atoms with Crippen molar-refractivity contribution in [1.82, 2.24) is 10.2 Å². The summed E-state index contributed by atoms with van der Waals surface area (Å²) < 4.78 is 5.26. The molecule has 2 fully saturated rings. The molecule has 0 aliphatic carbocycles. The second-order valence-electron chi connectivity index (χ2n) is 5.22. The fourth-order valence-corrected chi connectivity index (χ4v) is 3.09. The molecule has 1 amide bonds. The van der Waals surface area contributed by atoms with E-state index in [0.717, 1.165) is 32.4 Å². The Kier molecular flexibility index (Phi) is 3.69. The summed E-state index contributed by atoms with van der Waals surface area (Å²) in [5.41, 5.74) is 1.22. The largest absolute Gasteiger partial charge is 0.449 e. The van der Waals surface area contributed by atoms with E-state index in [1.807, 2.05) is 23.1 Å². The molecule has 1 atom stereocenters. The van der Waals surface area contributed by atoms with Gasteiger partial charge in [-0.15, -0.1) is 0 Å². The number of amides is 1. The maximum Gasteiger partial charge on any atom is 0.410 e. The second-order valence-corrected chi connectivity index (χ2v) is 5.22. The monoisotopic (exact) mass is 260 g/mol. The number of hydrogen-bond donors (Lipinski definition) is 1. The molecule has 19 heavy (non-hydrogen) atoms. The SMILES string of the molecule is O=C1OCCC(c2ccccc2)N1C1CCNCC1. The number of nitrogens with zero attached hydrogens (tertiary/aromatic N) is 1. The smallest absolute Gasteiger partial charge is 0.410 e. The number of carbonyl (C=O) groups excluding carboxylic acids is 1. The zero-order valence-corrected chi connectivity index (χ0v) is 11.0. The van der Waals surface area contributed by atoms with E-state index in [9.17, 15) is 4.79 Å². The second kappa shape index (κ2) is 5.61. The minimum absolute atomic E-state index is 0.146. The quantitative estimate of drug-likeness (QED) is 0.887. The van der Waals surface area contributed by atoms with Crippen molar-refractivity contribution >= 4 is 6.09 Å². The maximum atomic E-state index is 12.2. The van der Waals surface area contributed by atoms with E-state index in [0.29, 0.717) is 12.6 Å². The Labute approximate surface area is 113 Å². The Hall–Kier alpha value is -1.55. The van der Waals surface area contributed by atoms with Gasteiger partial charge < -0.3 is 10.1 Å². The van der Waals surface area contributed by atoms with Crippen molar-refractivity contribution in [2.75, 3.05) is 19.7 Å². The van der Waals surface area contributed by atoms with Crippen LogP contribution in [0.1, 0.15) is 30.9 Å². The first kappa shape index (κ1) is 12.5. The molecule has 3 rings (SSSR count). The molecule has 2 aliphatic heterocycles. The lowest BCUT2D eigenvalue weighted by Gasteiger charge is -2.42. The number of hydrogen-bond acceptors (Lipinski definition) is 3. The first-order chi connectivity index (χ1) is 9.36. The predicted molar refractivity (Wildman–Crippen MR) is 72.9 cm³/mol. The Morgan fingerprint density at radius 2 is 1.84 bits per heavy atom. The summed E-state index contributed by atoms with van der Waals surface area (Å²) in [6, 6.07) is 10.8. The van der Waals surface area contributed by atoms with Crippen LogP contribution in [-0.2, 0) is 4.74 Å². The molecule has 1 aromatic carbocycles. The van der Waals surface area contributed by atoms with Crippen molar-refractivity contribution in [3.8, 4) is 0 Å². The van der Waals surface area contributed by atoms with Gasteiger partial charge in [-0.2, -0.15) is 0 Å². The molecular weight excluding hydrogens is 240 g/mol. The first-order valence-corrected chi connectivity index (χ1v) is 7.07. The number of benzene rings is 1. The predicted octanol–water partition coefficient (Wildman–Crippen LogP) is 2.32. The van der Waals surface area contributed by atoms with Crippen molar-refractivity contribution in [1.29, 1.82) is 0 Å². The number of rotatable bonds is 2. The number of carbonyl (C=O) groups is 1. The third kappa shape index (κ3) is 2.59. The molecule has 0 radical (unpaired) electrons. The van der Waals surface area contributed by atoms with Gasteiger partial charge in [-0.3, -0.25) is 4.90 Å². The summed E-state index contributed by atoms with van der Waals surface area (Å²) >= 11 is 0. The van der Waals surface area contributed by atoms with Gasteiger partial charge in [0, 0.05) is 12.5 Å². The summed E-state index contributed by atoms with van der Waals surface area (Å²) in [7, 11) is 0. The molecule has 0 aromatic heterocycles. The van der Waals surface area contributed by atoms with Gasteiger partial charge in [-0.25, -0.2) is 4.79 Å². The molecule has 2 aliphatic rings. The van der Waals surface area contributed by atoms with E-state index in [4.69, 9.17) is 4.74 Å². The third-order valence-electron chi connectivity index (χ3n) is 4.05. The van der Waals surface area contributed by atoms with Crippen LogP contribution in [0.25, 0.3) is 0 Å². The molecule has 1 unspecified atom stereocenters. The Bertz CT molecular complexity index is 429. The van der Waals surface area contributed by atoms with Crippen LogP contribution >= 0.6 is 0 Å². The normalized spacial score (nSPS) is 25.2. The van der Waals surface area contributed by atoms with Crippen LogP contribution in [0.4, 0.5) is 4.79 Å². The highest BCUT2D eigenvalue weighted by molar-refractivity contribution is 5.69. The van der Waals surface area contributed by atoms with Crippen LogP contribution in [0.15, 0.2) is 30.3 Å². The Morgan fingerprint density at radius 1 is 1.11 bits per heavy atom. The van der Waals surface area contributed by atoms with Crippen molar-refractivity contribution in [3.05, 3.63) is 35.9 Å². The van der Waals surface area contributed by atoms with Gasteiger partial charge >= 0.3 is 6.09 Å². The maximum absolute atomic E-state index is 12.2. The van der Waals surface area contributed by atoms with Crippen LogP contribution in [0.5, 0.6) is 0 Å². The standard InChI is InChI=1S/C15H20N2O2/c18-15-17(13-6-9-16-10-7-13)14(8-11-19-15)12-4-2-1-3-5-12/h1-5,13-14,16H,6-11H2. The van der Waals surface area contributed by atoms with Crippen molar-refractivity contribution in [2.45, 2.75) is 31.3 Å². The zero-order valence-electron chi connectivity index (χ0n) is 11.0. The number of piperidine rings is 1. The molecule has 2 heterocycles. The zero-order chi connectivity index (χ0) is 13.1. The summed E-state index contributed by atoms with van der Waals surface area (Å²) in [4.78, 5) is 14.1. The highest BCUT2D eigenvalue weighted by atomic mass is 16.6. The lowest BCUT2D eigenvalue weighted by atomic mass is 9.96. The lowest BCUT2D eigenvalue weighted by Crippen LogP contribution is -2.50. The van der Waals surface area contributed by atoms with E-state index in [1.54, 1.807) is 0 Å². The van der Waals surface area contributed by atoms with Crippen molar-refractivity contribution in [2.24, 2.45) is 0 Å². The molecule has 4 heteroatoms. The van der Waals surface area contributed by atoms with Crippen LogP contribution < -0.4 is 5.32 Å². The summed E-state index contributed by atoms with van der Waals surface area (Å²) in [5.74, 6) is 0. The van der Waals surface area contributed by atoms with Gasteiger partial charge in [0.1, 0.15) is 0 Å². The summed E-state index contributed by atoms with van der Waals surface area (Å²) in [5, 5.41) is 3.34. The molecule has 102 valence electrons. The fraction of sp³-hybridized carbons (Fsp3) is 0.533. The van der Waals surface area contributed by atoms with E-state index in [1.165, 1.54) is 5.56 Å². The van der Waals surface area contributed by atoms with Gasteiger partial charge in [0.15, 0.2) is 0 Å². The van der Waals surface area contributed by atoms with Gasteiger partial charge in [0.2, 0.25) is 0 Å². The Balaban J connectivity index is 1.85. The lowest BCUT2D eigenvalue weighted by molar-refractivity contribution is 0.0165. The summed E-state index contributed by atoms with van der Waals surface area (Å²) in [6.07, 6.45) is 2.77. The fourth-order valence-electron chi connectivity index (χ4n) is 3.09. The molecule has 2 saturated heterocycles. The van der Waals surface area contributed by atoms with Crippen molar-refractivity contribution < 1.29 is 9.53 Å². The number of ether oxygens (including phenoxy) is 1. The highest BCUT2D eigenvalue weighted by Gasteiger charge is 2.36. The van der Waals surface area contributed by atoms with Gasteiger partial charge in [-0.05, 0) is 31.5 Å². The average molecular weight is 260 g/mol. The van der Waals surface area contributed by atoms with Gasteiger partial charge in [0.25, 0.3) is 0 Å². The number of nitrogens with one attached hydrogen (secondary N) is 1. The minimum atomic E-state index is -0.146. The molecule has 0 spiro atoms. The Morgan fingerprint density at radius 3 is 2.58 bits per heavy atom. The summed E-state index contributed by atoms with van der Waals surface area (Å²) in [6.45, 7) is 2.49. The van der Waals surface area contributed by atoms with Crippen LogP contribution in [-0.4, -0.2) is 36.7 Å². The molecule has 4 nitrogen and oxygen atoms in total. The molecule has 1 N–H and O–H groups in total. The van der Waals surface area contributed by atoms with Crippen molar-refractivity contribution in [3.63, 3.8) is 0 Å². The third-order valence-corrected chi connectivity index (χ3v) is 4.05. The highest BCUT2D eigenvalue weighted by Crippen LogP contribution is 2.32. The topological polar surface area (TPSA) is 41.6 Å². The first-order valence-electron chi connectivity index (χ1n) is 7.07. The van der Waals surface area contributed by atoms with E-state index >= 15 is 0 Å². The van der Waals surface area contributed by atoms with Gasteiger partial charge in [0.05, 0.1) is 12.6 Å². The molecular formula is C15H20N2O2. The van der Waals surface area contributed by atoms with E-state index in [2.05, 4.69) is 17.4 Å². The van der Waals surface area contributed by atoms with E-state index < -0.39 is 0 Å². The molecule has 0 bridgehead atoms. The van der Waals surface area contributed by atoms with Gasteiger partial charge in [-0.1, -0.05) is 30.3 Å². The van der Waals surface area contributed by atoms with Crippen LogP contribution in [0.3, 0.4) is 0 Å². The molecule has 0 saturated carbocycles. The number of cyclic esters (lactones) is 1.